The van der Waals surface area contributed by atoms with Crippen LogP contribution in [0.5, 0.6) is 5.75 Å². The van der Waals surface area contributed by atoms with Crippen LogP contribution in [-0.4, -0.2) is 12.2 Å². The van der Waals surface area contributed by atoms with Crippen LogP contribution in [0.2, 0.25) is 0 Å². The molecule has 5 nitrogen and oxygen atoms in total. The van der Waals surface area contributed by atoms with Crippen molar-refractivity contribution < 1.29 is 9.13 Å². The van der Waals surface area contributed by atoms with Crippen LogP contribution >= 0.6 is 0 Å². The fourth-order valence-corrected chi connectivity index (χ4v) is 1.65. The Bertz CT molecular complexity index is 666. The minimum Gasteiger partial charge on any atom is -0.489 e. The first kappa shape index (κ1) is 14.5. The molecule has 6 heteroatoms. The molecule has 2 rings (SSSR count). The zero-order chi connectivity index (χ0) is 15.1. The number of guanidine groups is 1. The lowest BCUT2D eigenvalue weighted by molar-refractivity contribution is 0.304. The highest BCUT2D eigenvalue weighted by molar-refractivity contribution is 5.81. The first-order chi connectivity index (χ1) is 10.1. The fourth-order valence-electron chi connectivity index (χ4n) is 1.65. The van der Waals surface area contributed by atoms with Crippen molar-refractivity contribution in [1.29, 1.82) is 0 Å². The predicted molar refractivity (Wildman–Crippen MR) is 80.6 cm³/mol. The average molecular weight is 286 g/mol. The van der Waals surface area contributed by atoms with E-state index in [0.717, 1.165) is 11.1 Å². The average Bonchev–Trinajstić information content (AvgIpc) is 2.45. The molecule has 4 N–H and O–H groups in total. The number of halogens is 1. The summed E-state index contributed by atoms with van der Waals surface area (Å²) < 4.78 is 18.5. The molecule has 0 saturated carbocycles. The second-order valence-electron chi connectivity index (χ2n) is 4.26. The molecule has 2 aromatic carbocycles. The molecular formula is C15H15FN4O. The quantitative estimate of drug-likeness (QED) is 0.501. The Balaban J connectivity index is 2.01. The summed E-state index contributed by atoms with van der Waals surface area (Å²) in [5, 5.41) is 7.26. The van der Waals surface area contributed by atoms with E-state index < -0.39 is 0 Å². The number of ether oxygens (including phenoxy) is 1. The maximum absolute atomic E-state index is 13.0. The number of nitrogens with zero attached hydrogens (tertiary/aromatic N) is 2. The molecular weight excluding hydrogens is 271 g/mol. The van der Waals surface area contributed by atoms with E-state index in [9.17, 15) is 4.39 Å². The van der Waals surface area contributed by atoms with Gasteiger partial charge in [-0.15, -0.1) is 5.10 Å². The fraction of sp³-hybridized carbons (Fsp3) is 0.0667. The molecule has 0 spiro atoms. The summed E-state index contributed by atoms with van der Waals surface area (Å²) in [5.74, 6) is 0.0528. The van der Waals surface area contributed by atoms with Crippen molar-refractivity contribution in [2.45, 2.75) is 6.61 Å². The first-order valence-corrected chi connectivity index (χ1v) is 6.23. The van der Waals surface area contributed by atoms with Gasteiger partial charge in [-0.05, 0) is 29.3 Å². The van der Waals surface area contributed by atoms with E-state index in [1.165, 1.54) is 18.3 Å². The Labute approximate surface area is 121 Å². The van der Waals surface area contributed by atoms with E-state index in [2.05, 4.69) is 10.2 Å². The van der Waals surface area contributed by atoms with Crippen LogP contribution in [0.15, 0.2) is 58.7 Å². The number of benzene rings is 2. The van der Waals surface area contributed by atoms with Crippen LogP contribution in [0.25, 0.3) is 0 Å². The lowest BCUT2D eigenvalue weighted by atomic mass is 10.1. The molecule has 0 atom stereocenters. The van der Waals surface area contributed by atoms with Gasteiger partial charge in [-0.25, -0.2) is 4.39 Å². The van der Waals surface area contributed by atoms with Crippen LogP contribution in [0, 0.1) is 5.82 Å². The monoisotopic (exact) mass is 286 g/mol. The highest BCUT2D eigenvalue weighted by atomic mass is 19.1. The maximum atomic E-state index is 13.0. The van der Waals surface area contributed by atoms with Crippen molar-refractivity contribution in [3.63, 3.8) is 0 Å². The molecule has 0 aliphatic rings. The standard InChI is InChI=1S/C15H15FN4O/c16-13-5-2-6-14(8-13)21-10-12-4-1-3-11(7-12)9-19-20-15(17)18/h1-9H,10H2,(H4,17,18,20). The first-order valence-electron chi connectivity index (χ1n) is 6.23. The van der Waals surface area contributed by atoms with Crippen LogP contribution in [-0.2, 0) is 6.61 Å². The smallest absolute Gasteiger partial charge is 0.211 e. The summed E-state index contributed by atoms with van der Waals surface area (Å²) in [6.07, 6.45) is 1.53. The van der Waals surface area contributed by atoms with Crippen LogP contribution in [0.1, 0.15) is 11.1 Å². The van der Waals surface area contributed by atoms with Crippen LogP contribution in [0.4, 0.5) is 4.39 Å². The van der Waals surface area contributed by atoms with Crippen molar-refractivity contribution in [1.82, 2.24) is 0 Å². The van der Waals surface area contributed by atoms with Gasteiger partial charge in [0.25, 0.3) is 0 Å². The summed E-state index contributed by atoms with van der Waals surface area (Å²) in [6.45, 7) is 0.327. The highest BCUT2D eigenvalue weighted by Crippen LogP contribution is 2.14. The van der Waals surface area contributed by atoms with E-state index in [4.69, 9.17) is 16.2 Å². The molecule has 0 amide bonds. The molecule has 0 aromatic heterocycles. The Hall–Kier alpha value is -2.89. The molecule has 21 heavy (non-hydrogen) atoms. The van der Waals surface area contributed by atoms with E-state index >= 15 is 0 Å². The maximum Gasteiger partial charge on any atom is 0.211 e. The minimum absolute atomic E-state index is 0.100. The van der Waals surface area contributed by atoms with Gasteiger partial charge in [0, 0.05) is 6.07 Å². The largest absolute Gasteiger partial charge is 0.489 e. The minimum atomic E-state index is -0.328. The molecule has 0 aliphatic heterocycles. The zero-order valence-electron chi connectivity index (χ0n) is 11.2. The molecule has 0 heterocycles. The lowest BCUT2D eigenvalue weighted by Gasteiger charge is -2.06. The summed E-state index contributed by atoms with van der Waals surface area (Å²) in [7, 11) is 0. The Kier molecular flexibility index (Phi) is 4.87. The van der Waals surface area contributed by atoms with E-state index in [-0.39, 0.29) is 11.8 Å². The van der Waals surface area contributed by atoms with Gasteiger partial charge >= 0.3 is 0 Å². The third-order valence-corrected chi connectivity index (χ3v) is 2.53. The molecule has 0 saturated heterocycles. The third kappa shape index (κ3) is 4.94. The van der Waals surface area contributed by atoms with Gasteiger partial charge in [-0.2, -0.15) is 5.10 Å². The number of rotatable bonds is 5. The molecule has 0 unspecified atom stereocenters. The summed E-state index contributed by atoms with van der Waals surface area (Å²) in [5.41, 5.74) is 12.1. The SMILES string of the molecule is NC(N)=NN=Cc1cccc(COc2cccc(F)c2)c1. The zero-order valence-corrected chi connectivity index (χ0v) is 11.2. The topological polar surface area (TPSA) is 86.0 Å². The van der Waals surface area contributed by atoms with Gasteiger partial charge in [0.05, 0.1) is 6.21 Å². The molecule has 2 aromatic rings. The predicted octanol–water partition coefficient (Wildman–Crippen LogP) is 2.01. The Morgan fingerprint density at radius 1 is 1.14 bits per heavy atom. The molecule has 0 fully saturated rings. The Morgan fingerprint density at radius 3 is 2.71 bits per heavy atom. The second-order valence-corrected chi connectivity index (χ2v) is 4.26. The molecule has 0 aliphatic carbocycles. The Morgan fingerprint density at radius 2 is 1.95 bits per heavy atom. The van der Waals surface area contributed by atoms with Crippen molar-refractivity contribution >= 4 is 12.2 Å². The van der Waals surface area contributed by atoms with Gasteiger partial charge in [0.2, 0.25) is 5.96 Å². The molecule has 108 valence electrons. The van der Waals surface area contributed by atoms with E-state index in [1.54, 1.807) is 12.1 Å². The van der Waals surface area contributed by atoms with Gasteiger partial charge in [-0.1, -0.05) is 24.3 Å². The van der Waals surface area contributed by atoms with Crippen molar-refractivity contribution in [2.24, 2.45) is 21.7 Å². The highest BCUT2D eigenvalue weighted by Gasteiger charge is 1.98. The van der Waals surface area contributed by atoms with Crippen molar-refractivity contribution in [3.05, 3.63) is 65.5 Å². The van der Waals surface area contributed by atoms with Crippen LogP contribution in [0.3, 0.4) is 0 Å². The van der Waals surface area contributed by atoms with Gasteiger partial charge in [-0.3, -0.25) is 0 Å². The summed E-state index contributed by atoms with van der Waals surface area (Å²) in [6, 6.07) is 13.5. The van der Waals surface area contributed by atoms with Gasteiger partial charge < -0.3 is 16.2 Å². The lowest BCUT2D eigenvalue weighted by Crippen LogP contribution is -2.21. The van der Waals surface area contributed by atoms with Gasteiger partial charge in [0.15, 0.2) is 0 Å². The van der Waals surface area contributed by atoms with Crippen molar-refractivity contribution in [3.8, 4) is 5.75 Å². The molecule has 0 radical (unpaired) electrons. The van der Waals surface area contributed by atoms with Crippen molar-refractivity contribution in [2.75, 3.05) is 0 Å². The number of hydrogen-bond acceptors (Lipinski definition) is 3. The number of nitrogens with two attached hydrogens (primary N) is 2. The van der Waals surface area contributed by atoms with Crippen LogP contribution < -0.4 is 16.2 Å². The second kappa shape index (κ2) is 7.04. The number of hydrogen-bond donors (Lipinski definition) is 2. The normalized spacial score (nSPS) is 10.5. The van der Waals surface area contributed by atoms with E-state index in [1.807, 2.05) is 24.3 Å². The molecule has 0 bridgehead atoms. The summed E-state index contributed by atoms with van der Waals surface area (Å²) in [4.78, 5) is 0. The van der Waals surface area contributed by atoms with E-state index in [0.29, 0.717) is 12.4 Å². The third-order valence-electron chi connectivity index (χ3n) is 2.53. The summed E-state index contributed by atoms with van der Waals surface area (Å²) >= 11 is 0. The van der Waals surface area contributed by atoms with Gasteiger partial charge in [0.1, 0.15) is 18.2 Å².